The average Bonchev–Trinajstić information content (AvgIpc) is 3.19. The van der Waals surface area contributed by atoms with E-state index in [1.54, 1.807) is 12.1 Å². The van der Waals surface area contributed by atoms with Crippen LogP contribution >= 0.6 is 0 Å². The normalized spacial score (nSPS) is 20.8. The number of nitrogens with one attached hydrogen (secondary N) is 1. The molecule has 0 aliphatic carbocycles. The number of aromatic amines is 1. The molecule has 0 amide bonds. The first-order valence-electron chi connectivity index (χ1n) is 11.5. The van der Waals surface area contributed by atoms with Gasteiger partial charge >= 0.3 is 11.7 Å². The topological polar surface area (TPSA) is 107 Å². The molecule has 8 nitrogen and oxygen atoms in total. The van der Waals surface area contributed by atoms with Crippen molar-refractivity contribution in [3.8, 4) is 0 Å². The Kier molecular flexibility index (Phi) is 8.55. The lowest BCUT2D eigenvalue weighted by molar-refractivity contribution is -0.149. The Morgan fingerprint density at radius 3 is 2.62 bits per heavy atom. The Morgan fingerprint density at radius 1 is 1.29 bits per heavy atom. The lowest BCUT2D eigenvalue weighted by Crippen LogP contribution is -2.33. The minimum Gasteiger partial charge on any atom is -0.460 e. The van der Waals surface area contributed by atoms with Gasteiger partial charge in [0.2, 0.25) is 5.82 Å². The van der Waals surface area contributed by atoms with Crippen LogP contribution < -0.4 is 11.2 Å². The van der Waals surface area contributed by atoms with Gasteiger partial charge in [-0.3, -0.25) is 23.9 Å². The van der Waals surface area contributed by atoms with Crippen molar-refractivity contribution in [1.82, 2.24) is 9.55 Å². The second kappa shape index (κ2) is 11.4. The Labute approximate surface area is 197 Å². The molecular formula is C25H30FN2O6. The van der Waals surface area contributed by atoms with Gasteiger partial charge < -0.3 is 9.47 Å². The second-order valence-corrected chi connectivity index (χ2v) is 8.53. The van der Waals surface area contributed by atoms with Gasteiger partial charge in [0.25, 0.3) is 5.56 Å². The molecule has 1 aromatic carbocycles. The number of aromatic nitrogens is 2. The monoisotopic (exact) mass is 473 g/mol. The molecule has 4 atom stereocenters. The van der Waals surface area contributed by atoms with Gasteiger partial charge in [0.15, 0.2) is 5.78 Å². The van der Waals surface area contributed by atoms with Crippen LogP contribution in [0.3, 0.4) is 0 Å². The van der Waals surface area contributed by atoms with Gasteiger partial charge in [0.05, 0.1) is 12.3 Å². The highest BCUT2D eigenvalue weighted by Crippen LogP contribution is 2.36. The number of hydrogen-bond acceptors (Lipinski definition) is 6. The first-order chi connectivity index (χ1) is 16.2. The zero-order chi connectivity index (χ0) is 24.8. The fourth-order valence-electron chi connectivity index (χ4n) is 4.22. The van der Waals surface area contributed by atoms with Gasteiger partial charge in [0.1, 0.15) is 12.3 Å². The fraction of sp³-hybridized carbons (Fsp3) is 0.480. The summed E-state index contributed by atoms with van der Waals surface area (Å²) in [5, 5.41) is 0. The zero-order valence-corrected chi connectivity index (χ0v) is 19.4. The Hall–Kier alpha value is -3.07. The molecule has 1 aliphatic heterocycles. The van der Waals surface area contributed by atoms with Crippen molar-refractivity contribution in [2.24, 2.45) is 0 Å². The summed E-state index contributed by atoms with van der Waals surface area (Å²) >= 11 is 0. The molecule has 0 spiro atoms. The molecule has 0 saturated carbocycles. The highest BCUT2D eigenvalue weighted by molar-refractivity contribution is 5.96. The van der Waals surface area contributed by atoms with Crippen LogP contribution in [-0.2, 0) is 14.3 Å². The molecule has 1 radical (unpaired) electrons. The number of ketones is 1. The maximum atomic E-state index is 13.8. The standard InChI is InChI=1S/C25H30FN2O6/c1-4-6-7-20(30)18-10-8-17(9-11-18)16(5-2)12-21-22(33-15(3)29)13-23(34-21)28-14-19(26)24(31)27-25(28)32/h8-11,14,16,21-23H,2,4-7,12-13H2,1,3H3,(H,27,31,32)/t16?,21-,22?,23-/m0/s1. The number of carbonyl (C=O) groups excluding carboxylic acids is 2. The van der Waals surface area contributed by atoms with Crippen molar-refractivity contribution in [2.45, 2.75) is 76.7 Å². The lowest BCUT2D eigenvalue weighted by atomic mass is 9.88. The maximum absolute atomic E-state index is 13.8. The SMILES string of the molecule is [CH2]CC(C[C@@H]1O[C@H](n2cc(F)c(=O)[nH]c2=O)CC1OC(C)=O)c1ccc(C(=O)CCCC)cc1. The van der Waals surface area contributed by atoms with Crippen LogP contribution in [0.4, 0.5) is 4.39 Å². The second-order valence-electron chi connectivity index (χ2n) is 8.53. The Morgan fingerprint density at radius 2 is 2.00 bits per heavy atom. The van der Waals surface area contributed by atoms with E-state index >= 15 is 0 Å². The highest BCUT2D eigenvalue weighted by Gasteiger charge is 2.40. The highest BCUT2D eigenvalue weighted by atomic mass is 19.1. The number of nitrogens with zero attached hydrogens (tertiary/aromatic N) is 1. The van der Waals surface area contributed by atoms with E-state index in [0.717, 1.165) is 29.2 Å². The molecule has 9 heteroatoms. The van der Waals surface area contributed by atoms with E-state index in [4.69, 9.17) is 9.47 Å². The van der Waals surface area contributed by atoms with E-state index in [0.29, 0.717) is 24.8 Å². The van der Waals surface area contributed by atoms with E-state index in [1.807, 2.05) is 24.0 Å². The number of Topliss-reactive ketones (excluding diaryl/α,β-unsaturated/α-hetero) is 1. The predicted octanol–water partition coefficient (Wildman–Crippen LogP) is 3.67. The molecule has 1 fully saturated rings. The molecule has 1 aromatic heterocycles. The van der Waals surface area contributed by atoms with Crippen molar-refractivity contribution >= 4 is 11.8 Å². The number of halogens is 1. The fourth-order valence-corrected chi connectivity index (χ4v) is 4.22. The molecule has 2 heterocycles. The molecular weight excluding hydrogens is 443 g/mol. The molecule has 3 rings (SSSR count). The lowest BCUT2D eigenvalue weighted by Gasteiger charge is -2.24. The summed E-state index contributed by atoms with van der Waals surface area (Å²) in [4.78, 5) is 49.4. The van der Waals surface area contributed by atoms with Crippen LogP contribution in [0.1, 0.15) is 80.4 Å². The number of unbranched alkanes of at least 4 members (excludes halogenated alkanes) is 1. The third-order valence-electron chi connectivity index (χ3n) is 6.06. The summed E-state index contributed by atoms with van der Waals surface area (Å²) in [5.74, 6) is -1.57. The van der Waals surface area contributed by atoms with E-state index in [9.17, 15) is 23.6 Å². The summed E-state index contributed by atoms with van der Waals surface area (Å²) in [6.45, 7) is 7.35. The molecule has 0 bridgehead atoms. The average molecular weight is 474 g/mol. The van der Waals surface area contributed by atoms with E-state index < -0.39 is 41.5 Å². The van der Waals surface area contributed by atoms with Crippen LogP contribution in [0, 0.1) is 12.7 Å². The zero-order valence-electron chi connectivity index (χ0n) is 19.4. The van der Waals surface area contributed by atoms with Gasteiger partial charge in [-0.15, -0.1) is 0 Å². The number of ether oxygens (including phenoxy) is 2. The molecule has 2 aromatic rings. The van der Waals surface area contributed by atoms with E-state index in [2.05, 4.69) is 6.92 Å². The van der Waals surface area contributed by atoms with Crippen LogP contribution in [-0.4, -0.2) is 33.5 Å². The third kappa shape index (κ3) is 6.08. The van der Waals surface area contributed by atoms with Crippen molar-refractivity contribution in [3.05, 3.63) is 75.2 Å². The van der Waals surface area contributed by atoms with Gasteiger partial charge in [-0.1, -0.05) is 44.5 Å². The number of esters is 1. The number of rotatable bonds is 10. The quantitative estimate of drug-likeness (QED) is 0.417. The van der Waals surface area contributed by atoms with E-state index in [-0.39, 0.29) is 18.1 Å². The van der Waals surface area contributed by atoms with Crippen molar-refractivity contribution in [1.29, 1.82) is 0 Å². The minimum absolute atomic E-state index is 0.0642. The molecule has 1 aliphatic rings. The molecule has 34 heavy (non-hydrogen) atoms. The Balaban J connectivity index is 1.78. The minimum atomic E-state index is -1.11. The van der Waals surface area contributed by atoms with Gasteiger partial charge in [-0.25, -0.2) is 4.79 Å². The molecule has 1 N–H and O–H groups in total. The Bertz CT molecular complexity index is 1120. The van der Waals surface area contributed by atoms with Crippen LogP contribution in [0.2, 0.25) is 0 Å². The number of H-pyrrole nitrogens is 1. The van der Waals surface area contributed by atoms with Crippen molar-refractivity contribution in [3.63, 3.8) is 0 Å². The third-order valence-corrected chi connectivity index (χ3v) is 6.06. The maximum Gasteiger partial charge on any atom is 0.330 e. The van der Waals surface area contributed by atoms with Crippen LogP contribution in [0.5, 0.6) is 0 Å². The largest absolute Gasteiger partial charge is 0.460 e. The van der Waals surface area contributed by atoms with Crippen LogP contribution in [0.15, 0.2) is 40.1 Å². The number of carbonyl (C=O) groups is 2. The van der Waals surface area contributed by atoms with Crippen LogP contribution in [0.25, 0.3) is 0 Å². The van der Waals surface area contributed by atoms with Crippen molar-refractivity contribution < 1.29 is 23.5 Å². The number of benzene rings is 1. The molecule has 1 saturated heterocycles. The summed E-state index contributed by atoms with van der Waals surface area (Å²) in [5.41, 5.74) is -0.297. The summed E-state index contributed by atoms with van der Waals surface area (Å²) in [6.07, 6.45) is 2.06. The summed E-state index contributed by atoms with van der Waals surface area (Å²) < 4.78 is 26.2. The van der Waals surface area contributed by atoms with Crippen molar-refractivity contribution in [2.75, 3.05) is 0 Å². The smallest absolute Gasteiger partial charge is 0.330 e. The first kappa shape index (κ1) is 25.6. The van der Waals surface area contributed by atoms with Gasteiger partial charge in [0, 0.05) is 25.3 Å². The van der Waals surface area contributed by atoms with Gasteiger partial charge in [-0.2, -0.15) is 4.39 Å². The predicted molar refractivity (Wildman–Crippen MR) is 123 cm³/mol. The van der Waals surface area contributed by atoms with E-state index in [1.165, 1.54) is 6.92 Å². The summed E-state index contributed by atoms with van der Waals surface area (Å²) in [6, 6.07) is 7.40. The summed E-state index contributed by atoms with van der Waals surface area (Å²) in [7, 11) is 0. The first-order valence-corrected chi connectivity index (χ1v) is 11.5. The number of hydrogen-bond donors (Lipinski definition) is 1. The van der Waals surface area contributed by atoms with Gasteiger partial charge in [-0.05, 0) is 30.7 Å². The molecule has 2 unspecified atom stereocenters. The molecule has 183 valence electrons.